The lowest BCUT2D eigenvalue weighted by Crippen LogP contribution is -2.45. The number of morpholine rings is 1. The maximum absolute atomic E-state index is 11.9. The van der Waals surface area contributed by atoms with Crippen LogP contribution in [0.5, 0.6) is 0 Å². The molecule has 10 nitrogen and oxygen atoms in total. The zero-order chi connectivity index (χ0) is 21.5. The molecule has 2 aromatic rings. The van der Waals surface area contributed by atoms with Crippen molar-refractivity contribution in [2.45, 2.75) is 38.8 Å². The maximum Gasteiger partial charge on any atom is 0.228 e. The van der Waals surface area contributed by atoms with Crippen LogP contribution in [0.3, 0.4) is 0 Å². The highest BCUT2D eigenvalue weighted by Crippen LogP contribution is 2.38. The zero-order valence-electron chi connectivity index (χ0n) is 18.0. The molecule has 31 heavy (non-hydrogen) atoms. The number of hydrogen-bond donors (Lipinski definition) is 1. The van der Waals surface area contributed by atoms with Crippen molar-refractivity contribution in [2.24, 2.45) is 0 Å². The van der Waals surface area contributed by atoms with E-state index in [1.54, 1.807) is 19.3 Å². The van der Waals surface area contributed by atoms with Crippen molar-refractivity contribution in [2.75, 3.05) is 54.9 Å². The van der Waals surface area contributed by atoms with Gasteiger partial charge in [-0.1, -0.05) is 0 Å². The van der Waals surface area contributed by atoms with Gasteiger partial charge in [-0.3, -0.25) is 4.79 Å². The molecule has 3 aliphatic rings. The average Bonchev–Trinajstić information content (AvgIpc) is 3.41. The fraction of sp³-hybridized carbons (Fsp3) is 0.571. The Morgan fingerprint density at radius 1 is 1.16 bits per heavy atom. The molecule has 5 rings (SSSR count). The first kappa shape index (κ1) is 19.9. The second kappa shape index (κ2) is 7.92. The Hall–Kier alpha value is -3.01. The monoisotopic (exact) mass is 424 g/mol. The molecule has 1 amide bonds. The van der Waals surface area contributed by atoms with Crippen LogP contribution >= 0.6 is 0 Å². The van der Waals surface area contributed by atoms with Gasteiger partial charge in [0.1, 0.15) is 5.82 Å². The Bertz CT molecular complexity index is 982. The molecular formula is C21H28N8O2. The number of aromatic nitrogens is 4. The number of likely N-dealkylation sites (tertiary alicyclic amines) is 1. The van der Waals surface area contributed by atoms with Crippen molar-refractivity contribution in [1.82, 2.24) is 24.8 Å². The number of nitrogens with zero attached hydrogens (tertiary/aromatic N) is 7. The number of carbonyl (C=O) groups excluding carboxylic acids is 1. The predicted octanol–water partition coefficient (Wildman–Crippen LogP) is 0.724. The minimum atomic E-state index is 0.132. The van der Waals surface area contributed by atoms with Gasteiger partial charge in [-0.25, -0.2) is 15.0 Å². The van der Waals surface area contributed by atoms with E-state index >= 15 is 0 Å². The van der Waals surface area contributed by atoms with Crippen molar-refractivity contribution in [3.63, 3.8) is 0 Å². The van der Waals surface area contributed by atoms with Gasteiger partial charge in [0.15, 0.2) is 0 Å². The summed E-state index contributed by atoms with van der Waals surface area (Å²) >= 11 is 0. The largest absolute Gasteiger partial charge is 0.377 e. The lowest BCUT2D eigenvalue weighted by molar-refractivity contribution is -0.127. The second-order valence-corrected chi connectivity index (χ2v) is 8.47. The van der Waals surface area contributed by atoms with E-state index in [0.717, 1.165) is 61.7 Å². The fourth-order valence-corrected chi connectivity index (χ4v) is 4.76. The third-order valence-corrected chi connectivity index (χ3v) is 6.47. The third-order valence-electron chi connectivity index (χ3n) is 6.47. The molecule has 2 aromatic heterocycles. The SMILES string of the molecule is CC(=O)N1CC[C@H](N2CCc3c(-c4cnc(N)nc4)nc(N4CCOC[C@@H]4C)nc32)C1. The van der Waals surface area contributed by atoms with E-state index in [-0.39, 0.29) is 23.9 Å². The molecule has 0 spiro atoms. The number of anilines is 3. The lowest BCUT2D eigenvalue weighted by atomic mass is 10.1. The Kier molecular flexibility index (Phi) is 5.09. The van der Waals surface area contributed by atoms with E-state index in [4.69, 9.17) is 20.4 Å². The summed E-state index contributed by atoms with van der Waals surface area (Å²) < 4.78 is 5.61. The van der Waals surface area contributed by atoms with Crippen molar-refractivity contribution in [1.29, 1.82) is 0 Å². The quantitative estimate of drug-likeness (QED) is 0.761. The van der Waals surface area contributed by atoms with E-state index in [1.807, 2.05) is 4.90 Å². The standard InChI is InChI=1S/C21H28N8O2/c1-13-12-31-8-7-28(13)21-25-18(15-9-23-20(22)24-10-15)17-4-6-29(19(17)26-21)16-3-5-27(11-16)14(2)30/h9-10,13,16H,3-8,11-12H2,1-2H3,(H2,22,23,24)/t13-,16-/m0/s1. The van der Waals surface area contributed by atoms with Gasteiger partial charge < -0.3 is 25.2 Å². The highest BCUT2D eigenvalue weighted by Gasteiger charge is 2.36. The zero-order valence-corrected chi connectivity index (χ0v) is 18.0. The van der Waals surface area contributed by atoms with Crippen molar-refractivity contribution < 1.29 is 9.53 Å². The van der Waals surface area contributed by atoms with Crippen LogP contribution in [0, 0.1) is 0 Å². The van der Waals surface area contributed by atoms with Gasteiger partial charge >= 0.3 is 0 Å². The number of fused-ring (bicyclic) bond motifs is 1. The summed E-state index contributed by atoms with van der Waals surface area (Å²) in [7, 11) is 0. The van der Waals surface area contributed by atoms with E-state index in [0.29, 0.717) is 19.2 Å². The lowest BCUT2D eigenvalue weighted by Gasteiger charge is -2.34. The Morgan fingerprint density at radius 3 is 2.68 bits per heavy atom. The van der Waals surface area contributed by atoms with Crippen molar-refractivity contribution in [3.8, 4) is 11.3 Å². The number of nitrogen functional groups attached to an aromatic ring is 1. The number of carbonyl (C=O) groups is 1. The van der Waals surface area contributed by atoms with Gasteiger partial charge in [0.05, 0.1) is 24.9 Å². The third kappa shape index (κ3) is 3.65. The molecule has 2 atom stereocenters. The van der Waals surface area contributed by atoms with Gasteiger partial charge in [0, 0.05) is 62.7 Å². The highest BCUT2D eigenvalue weighted by molar-refractivity contribution is 5.75. The predicted molar refractivity (Wildman–Crippen MR) is 117 cm³/mol. The number of ether oxygens (including phenoxy) is 1. The molecule has 2 fully saturated rings. The first-order chi connectivity index (χ1) is 15.0. The number of rotatable bonds is 3. The van der Waals surface area contributed by atoms with Crippen LogP contribution in [0.15, 0.2) is 12.4 Å². The van der Waals surface area contributed by atoms with Crippen molar-refractivity contribution in [3.05, 3.63) is 18.0 Å². The molecule has 0 bridgehead atoms. The average molecular weight is 425 g/mol. The molecule has 3 aliphatic heterocycles. The molecule has 0 radical (unpaired) electrons. The van der Waals surface area contributed by atoms with Crippen LogP contribution in [-0.4, -0.2) is 82.2 Å². The first-order valence-corrected chi connectivity index (χ1v) is 10.9. The molecule has 2 N–H and O–H groups in total. The summed E-state index contributed by atoms with van der Waals surface area (Å²) in [4.78, 5) is 36.7. The van der Waals surface area contributed by atoms with Gasteiger partial charge in [-0.05, 0) is 19.8 Å². The summed E-state index contributed by atoms with van der Waals surface area (Å²) in [6.45, 7) is 8.22. The van der Waals surface area contributed by atoms with E-state index in [2.05, 4.69) is 26.7 Å². The summed E-state index contributed by atoms with van der Waals surface area (Å²) in [6, 6.07) is 0.461. The molecule has 0 saturated carbocycles. The summed E-state index contributed by atoms with van der Waals surface area (Å²) in [5.41, 5.74) is 8.52. The van der Waals surface area contributed by atoms with Crippen LogP contribution in [0.2, 0.25) is 0 Å². The maximum atomic E-state index is 11.9. The number of nitrogens with two attached hydrogens (primary N) is 1. The summed E-state index contributed by atoms with van der Waals surface area (Å²) in [5, 5.41) is 0. The van der Waals surface area contributed by atoms with Crippen molar-refractivity contribution >= 4 is 23.6 Å². The van der Waals surface area contributed by atoms with Crippen LogP contribution in [0.25, 0.3) is 11.3 Å². The van der Waals surface area contributed by atoms with E-state index in [9.17, 15) is 4.79 Å². The van der Waals surface area contributed by atoms with Crippen LogP contribution in [-0.2, 0) is 16.0 Å². The van der Waals surface area contributed by atoms with Gasteiger partial charge in [0.25, 0.3) is 0 Å². The Morgan fingerprint density at radius 2 is 1.97 bits per heavy atom. The normalized spacial score (nSPS) is 23.4. The molecule has 164 valence electrons. The summed E-state index contributed by atoms with van der Waals surface area (Å²) in [5.74, 6) is 2.04. The van der Waals surface area contributed by atoms with E-state index < -0.39 is 0 Å². The molecule has 2 saturated heterocycles. The van der Waals surface area contributed by atoms with Crippen LogP contribution in [0.4, 0.5) is 17.7 Å². The number of amides is 1. The minimum Gasteiger partial charge on any atom is -0.377 e. The minimum absolute atomic E-state index is 0.132. The van der Waals surface area contributed by atoms with Gasteiger partial charge in [-0.15, -0.1) is 0 Å². The smallest absolute Gasteiger partial charge is 0.228 e. The topological polar surface area (TPSA) is 114 Å². The molecule has 0 aromatic carbocycles. The Labute approximate surface area is 181 Å². The highest BCUT2D eigenvalue weighted by atomic mass is 16.5. The van der Waals surface area contributed by atoms with E-state index in [1.165, 1.54) is 0 Å². The fourth-order valence-electron chi connectivity index (χ4n) is 4.76. The van der Waals surface area contributed by atoms with Crippen LogP contribution < -0.4 is 15.5 Å². The first-order valence-electron chi connectivity index (χ1n) is 10.9. The van der Waals surface area contributed by atoms with Gasteiger partial charge in [-0.2, -0.15) is 4.98 Å². The molecule has 0 unspecified atom stereocenters. The summed E-state index contributed by atoms with van der Waals surface area (Å²) in [6.07, 6.45) is 5.26. The molecular weight excluding hydrogens is 396 g/mol. The number of hydrogen-bond acceptors (Lipinski definition) is 9. The second-order valence-electron chi connectivity index (χ2n) is 8.47. The van der Waals surface area contributed by atoms with Crippen LogP contribution in [0.1, 0.15) is 25.8 Å². The Balaban J connectivity index is 1.56. The van der Waals surface area contributed by atoms with Gasteiger partial charge in [0.2, 0.25) is 17.8 Å². The molecule has 0 aliphatic carbocycles. The molecule has 5 heterocycles. The molecule has 10 heteroatoms.